The quantitative estimate of drug-likeness (QED) is 0.851. The van der Waals surface area contributed by atoms with Gasteiger partial charge in [0.15, 0.2) is 6.10 Å². The molecule has 0 N–H and O–H groups in total. The summed E-state index contributed by atoms with van der Waals surface area (Å²) in [6.07, 6.45) is 7.97. The van der Waals surface area contributed by atoms with E-state index >= 15 is 0 Å². The Kier molecular flexibility index (Phi) is 4.20. The molecule has 4 heteroatoms. The number of carbonyl (C=O) groups is 1. The summed E-state index contributed by atoms with van der Waals surface area (Å²) >= 11 is 0. The number of aromatic nitrogens is 1. The maximum Gasteiger partial charge on any atom is 0.273 e. The number of nitrogens with zero attached hydrogens (tertiary/aromatic N) is 2. The molecule has 1 aromatic carbocycles. The van der Waals surface area contributed by atoms with Crippen molar-refractivity contribution in [3.63, 3.8) is 0 Å². The fourth-order valence-electron chi connectivity index (χ4n) is 3.60. The summed E-state index contributed by atoms with van der Waals surface area (Å²) in [6.45, 7) is 0. The van der Waals surface area contributed by atoms with Gasteiger partial charge in [0.25, 0.3) is 5.91 Å². The van der Waals surface area contributed by atoms with Crippen molar-refractivity contribution in [2.75, 3.05) is 0 Å². The number of hydrogen-bond donors (Lipinski definition) is 0. The predicted molar refractivity (Wildman–Crippen MR) is 92.1 cm³/mol. The molecule has 1 fully saturated rings. The minimum absolute atomic E-state index is 0.0404. The van der Waals surface area contributed by atoms with Gasteiger partial charge in [0.1, 0.15) is 11.2 Å². The largest absolute Gasteiger partial charge is 0.480 e. The van der Waals surface area contributed by atoms with Crippen LogP contribution in [0.4, 0.5) is 0 Å². The maximum atomic E-state index is 13.0. The number of pyridine rings is 1. The topological polar surface area (TPSA) is 43.6 Å². The lowest BCUT2D eigenvalue weighted by Crippen LogP contribution is -2.37. The van der Waals surface area contributed by atoms with E-state index in [1.807, 2.05) is 42.5 Å². The van der Waals surface area contributed by atoms with Gasteiger partial charge in [-0.2, -0.15) is 0 Å². The van der Waals surface area contributed by atoms with Crippen LogP contribution in [0.1, 0.15) is 42.5 Å². The summed E-state index contributed by atoms with van der Waals surface area (Å²) in [7, 11) is 0. The van der Waals surface area contributed by atoms with E-state index in [9.17, 15) is 4.79 Å². The lowest BCUT2D eigenvalue weighted by atomic mass is 9.96. The Bertz CT molecular complexity index is 778. The smallest absolute Gasteiger partial charge is 0.273 e. The highest BCUT2D eigenvalue weighted by atomic mass is 16.5. The second kappa shape index (κ2) is 6.63. The summed E-state index contributed by atoms with van der Waals surface area (Å²) in [6, 6.07) is 13.9. The van der Waals surface area contributed by atoms with Crippen LogP contribution in [0.5, 0.6) is 5.75 Å². The molecular formula is C20H22N2O2. The Hall–Kier alpha value is -2.36. The molecule has 1 saturated carbocycles. The van der Waals surface area contributed by atoms with Crippen molar-refractivity contribution < 1.29 is 9.53 Å². The fourth-order valence-corrected chi connectivity index (χ4v) is 3.60. The van der Waals surface area contributed by atoms with Crippen LogP contribution in [0.25, 0.3) is 0 Å². The molecule has 0 amide bonds. The Balaban J connectivity index is 1.60. The molecule has 0 radical (unpaired) electrons. The van der Waals surface area contributed by atoms with Crippen molar-refractivity contribution in [2.45, 2.75) is 50.7 Å². The fraction of sp³-hybridized carbons (Fsp3) is 0.400. The van der Waals surface area contributed by atoms with Crippen LogP contribution in [-0.4, -0.2) is 22.6 Å². The number of carbonyl (C=O) groups excluding carboxylic acids is 1. The predicted octanol–water partition coefficient (Wildman–Crippen LogP) is 3.37. The van der Waals surface area contributed by atoms with Gasteiger partial charge in [0.05, 0.1) is 6.04 Å². The van der Waals surface area contributed by atoms with E-state index in [-0.39, 0.29) is 5.91 Å². The minimum atomic E-state index is -0.463. The van der Waals surface area contributed by atoms with Crippen LogP contribution in [0.3, 0.4) is 0 Å². The first-order valence-corrected chi connectivity index (χ1v) is 8.81. The van der Waals surface area contributed by atoms with E-state index in [0.717, 1.165) is 29.6 Å². The Morgan fingerprint density at radius 2 is 1.83 bits per heavy atom. The van der Waals surface area contributed by atoms with Crippen LogP contribution in [-0.2, 0) is 6.42 Å². The molecule has 1 unspecified atom stereocenters. The van der Waals surface area contributed by atoms with Crippen molar-refractivity contribution in [1.82, 2.24) is 4.57 Å². The molecule has 1 atom stereocenters. The summed E-state index contributed by atoms with van der Waals surface area (Å²) < 4.78 is 7.51. The SMILES string of the molecule is O=C(C1Cc2ccccc2O1)n1ccccc1=NC1CCCCC1. The molecule has 0 bridgehead atoms. The van der Waals surface area contributed by atoms with E-state index in [2.05, 4.69) is 0 Å². The van der Waals surface area contributed by atoms with E-state index in [1.54, 1.807) is 10.8 Å². The standard InChI is InChI=1S/C20H22N2O2/c23-20(18-14-15-8-4-5-11-17(15)24-18)22-13-7-6-12-19(22)21-16-9-2-1-3-10-16/h4-8,11-13,16,18H,1-3,9-10,14H2. The molecule has 0 saturated heterocycles. The second-order valence-electron chi connectivity index (χ2n) is 6.61. The summed E-state index contributed by atoms with van der Waals surface area (Å²) in [5.74, 6) is 0.777. The number of rotatable bonds is 2. The van der Waals surface area contributed by atoms with Gasteiger partial charge in [-0.25, -0.2) is 0 Å². The number of ether oxygens (including phenoxy) is 1. The third kappa shape index (κ3) is 3.01. The number of benzene rings is 1. The first kappa shape index (κ1) is 15.2. The third-order valence-electron chi connectivity index (χ3n) is 4.89. The molecule has 1 aliphatic carbocycles. The minimum Gasteiger partial charge on any atom is -0.480 e. The van der Waals surface area contributed by atoms with Crippen LogP contribution in [0, 0.1) is 0 Å². The Morgan fingerprint density at radius 3 is 2.67 bits per heavy atom. The van der Waals surface area contributed by atoms with Gasteiger partial charge in [-0.15, -0.1) is 0 Å². The highest BCUT2D eigenvalue weighted by Gasteiger charge is 2.30. The van der Waals surface area contributed by atoms with Crippen molar-refractivity contribution in [1.29, 1.82) is 0 Å². The van der Waals surface area contributed by atoms with Crippen molar-refractivity contribution in [3.05, 3.63) is 59.7 Å². The van der Waals surface area contributed by atoms with Gasteiger partial charge in [-0.3, -0.25) is 14.4 Å². The zero-order valence-corrected chi connectivity index (χ0v) is 13.7. The van der Waals surface area contributed by atoms with Crippen molar-refractivity contribution in [3.8, 4) is 5.75 Å². The van der Waals surface area contributed by atoms with E-state index in [4.69, 9.17) is 9.73 Å². The van der Waals surface area contributed by atoms with Gasteiger partial charge in [0, 0.05) is 12.6 Å². The molecule has 4 nitrogen and oxygen atoms in total. The molecule has 24 heavy (non-hydrogen) atoms. The zero-order valence-electron chi connectivity index (χ0n) is 13.7. The van der Waals surface area contributed by atoms with Crippen LogP contribution in [0.2, 0.25) is 0 Å². The third-order valence-corrected chi connectivity index (χ3v) is 4.89. The molecule has 124 valence electrons. The highest BCUT2D eigenvalue weighted by Crippen LogP contribution is 2.28. The van der Waals surface area contributed by atoms with E-state index in [1.165, 1.54) is 19.3 Å². The molecule has 1 aromatic heterocycles. The van der Waals surface area contributed by atoms with Crippen LogP contribution >= 0.6 is 0 Å². The van der Waals surface area contributed by atoms with Gasteiger partial charge in [-0.1, -0.05) is 43.5 Å². The molecule has 2 aromatic rings. The first-order valence-electron chi connectivity index (χ1n) is 8.81. The molecule has 2 heterocycles. The lowest BCUT2D eigenvalue weighted by Gasteiger charge is -2.18. The van der Waals surface area contributed by atoms with Gasteiger partial charge >= 0.3 is 0 Å². The molecule has 4 rings (SSSR count). The summed E-state index contributed by atoms with van der Waals surface area (Å²) in [4.78, 5) is 17.8. The molecule has 1 aliphatic heterocycles. The van der Waals surface area contributed by atoms with Crippen LogP contribution < -0.4 is 10.2 Å². The average Bonchev–Trinajstić information content (AvgIpc) is 3.07. The number of fused-ring (bicyclic) bond motifs is 1. The normalized spacial score (nSPS) is 21.3. The maximum absolute atomic E-state index is 13.0. The highest BCUT2D eigenvalue weighted by molar-refractivity contribution is 5.84. The van der Waals surface area contributed by atoms with Crippen LogP contribution in [0.15, 0.2) is 53.7 Å². The van der Waals surface area contributed by atoms with Gasteiger partial charge in [0.2, 0.25) is 0 Å². The molecular weight excluding hydrogens is 300 g/mol. The Morgan fingerprint density at radius 1 is 1.04 bits per heavy atom. The lowest BCUT2D eigenvalue weighted by molar-refractivity contribution is 0.0728. The van der Waals surface area contributed by atoms with Gasteiger partial charge in [-0.05, 0) is 36.6 Å². The van der Waals surface area contributed by atoms with Crippen molar-refractivity contribution in [2.24, 2.45) is 4.99 Å². The van der Waals surface area contributed by atoms with E-state index in [0.29, 0.717) is 12.5 Å². The second-order valence-corrected chi connectivity index (χ2v) is 6.61. The number of para-hydroxylation sites is 1. The number of hydrogen-bond acceptors (Lipinski definition) is 3. The summed E-state index contributed by atoms with van der Waals surface area (Å²) in [5.41, 5.74) is 1.84. The zero-order chi connectivity index (χ0) is 16.4. The Labute approximate surface area is 141 Å². The molecule has 0 spiro atoms. The monoisotopic (exact) mass is 322 g/mol. The van der Waals surface area contributed by atoms with Gasteiger partial charge < -0.3 is 4.74 Å². The molecule has 2 aliphatic rings. The first-order chi connectivity index (χ1) is 11.8. The van der Waals surface area contributed by atoms with Crippen molar-refractivity contribution >= 4 is 5.91 Å². The summed E-state index contributed by atoms with van der Waals surface area (Å²) in [5, 5.41) is 0. The van der Waals surface area contributed by atoms with E-state index < -0.39 is 6.10 Å². The average molecular weight is 322 g/mol.